The summed E-state index contributed by atoms with van der Waals surface area (Å²) in [7, 11) is 1.81. The minimum absolute atomic E-state index is 0.533. The van der Waals surface area contributed by atoms with Crippen LogP contribution in [0.15, 0.2) is 0 Å². The molecule has 1 unspecified atom stereocenters. The maximum atomic E-state index is 5.38. The highest BCUT2D eigenvalue weighted by Crippen LogP contribution is 2.25. The van der Waals surface area contributed by atoms with Crippen LogP contribution in [-0.4, -0.2) is 50.3 Å². The normalized spacial score (nSPS) is 20.8. The first-order chi connectivity index (χ1) is 8.54. The van der Waals surface area contributed by atoms with E-state index in [-0.39, 0.29) is 0 Å². The van der Waals surface area contributed by atoms with E-state index in [1.165, 1.54) is 25.9 Å². The quantitative estimate of drug-likeness (QED) is 0.757. The van der Waals surface area contributed by atoms with E-state index in [0.717, 1.165) is 25.0 Å². The van der Waals surface area contributed by atoms with Gasteiger partial charge in [0.1, 0.15) is 0 Å². The van der Waals surface area contributed by atoms with Crippen LogP contribution in [0.25, 0.3) is 0 Å². The van der Waals surface area contributed by atoms with Crippen LogP contribution in [0.4, 0.5) is 0 Å². The molecule has 3 heteroatoms. The highest BCUT2D eigenvalue weighted by Gasteiger charge is 2.26. The second-order valence-corrected chi connectivity index (χ2v) is 6.29. The average Bonchev–Trinajstić information content (AvgIpc) is 2.34. The summed E-state index contributed by atoms with van der Waals surface area (Å²) in [6, 6.07) is 1.09. The summed E-state index contributed by atoms with van der Waals surface area (Å²) in [6.07, 6.45) is 2.69. The summed E-state index contributed by atoms with van der Waals surface area (Å²) < 4.78 is 5.38. The molecule has 1 saturated heterocycles. The van der Waals surface area contributed by atoms with Crippen LogP contribution >= 0.6 is 0 Å². The van der Waals surface area contributed by atoms with Crippen molar-refractivity contribution in [3.63, 3.8) is 0 Å². The molecule has 0 radical (unpaired) electrons. The molecule has 1 fully saturated rings. The molecule has 1 rings (SSSR count). The lowest BCUT2D eigenvalue weighted by Crippen LogP contribution is -2.49. The number of nitrogens with zero attached hydrogens (tertiary/aromatic N) is 1. The monoisotopic (exact) mass is 256 g/mol. The van der Waals surface area contributed by atoms with Crippen molar-refractivity contribution in [2.45, 2.75) is 52.6 Å². The molecule has 1 N–H and O–H groups in total. The van der Waals surface area contributed by atoms with Crippen molar-refractivity contribution in [1.29, 1.82) is 0 Å². The zero-order valence-corrected chi connectivity index (χ0v) is 12.9. The third-order valence-corrected chi connectivity index (χ3v) is 4.15. The predicted octanol–water partition coefficient (Wildman–Crippen LogP) is 2.37. The van der Waals surface area contributed by atoms with Crippen LogP contribution in [0.2, 0.25) is 0 Å². The Bertz CT molecular complexity index is 211. The molecule has 1 heterocycles. The highest BCUT2D eigenvalue weighted by atomic mass is 16.5. The van der Waals surface area contributed by atoms with Gasteiger partial charge in [0.15, 0.2) is 0 Å². The van der Waals surface area contributed by atoms with Crippen LogP contribution in [0.1, 0.15) is 40.5 Å². The standard InChI is InChI=1S/C15H32N2O/c1-12(2)14-6-8-17(9-7-14)15(11-18-5)10-16-13(3)4/h12-16H,6-11H2,1-5H3. The molecule has 0 amide bonds. The van der Waals surface area contributed by atoms with Gasteiger partial charge in [-0.05, 0) is 37.8 Å². The molecule has 0 bridgehead atoms. The molecule has 0 aliphatic carbocycles. The van der Waals surface area contributed by atoms with Gasteiger partial charge in [-0.15, -0.1) is 0 Å². The van der Waals surface area contributed by atoms with E-state index in [2.05, 4.69) is 37.9 Å². The Labute approximate surface area is 113 Å². The van der Waals surface area contributed by atoms with Crippen molar-refractivity contribution in [3.05, 3.63) is 0 Å². The Kier molecular flexibility index (Phi) is 7.20. The van der Waals surface area contributed by atoms with Crippen molar-refractivity contribution in [3.8, 4) is 0 Å². The number of likely N-dealkylation sites (tertiary alicyclic amines) is 1. The molecular weight excluding hydrogens is 224 g/mol. The van der Waals surface area contributed by atoms with Crippen molar-refractivity contribution in [2.75, 3.05) is 33.4 Å². The van der Waals surface area contributed by atoms with Gasteiger partial charge in [0.2, 0.25) is 0 Å². The lowest BCUT2D eigenvalue weighted by atomic mass is 9.86. The average molecular weight is 256 g/mol. The van der Waals surface area contributed by atoms with Gasteiger partial charge in [-0.3, -0.25) is 4.90 Å². The summed E-state index contributed by atoms with van der Waals surface area (Å²) >= 11 is 0. The Hall–Kier alpha value is -0.120. The van der Waals surface area contributed by atoms with Gasteiger partial charge in [0, 0.05) is 25.7 Å². The number of nitrogens with one attached hydrogen (secondary N) is 1. The zero-order valence-electron chi connectivity index (χ0n) is 12.9. The maximum absolute atomic E-state index is 5.38. The number of hydrogen-bond acceptors (Lipinski definition) is 3. The lowest BCUT2D eigenvalue weighted by Gasteiger charge is -2.39. The smallest absolute Gasteiger partial charge is 0.0630 e. The molecule has 1 atom stereocenters. The Balaban J connectivity index is 2.39. The van der Waals surface area contributed by atoms with Crippen LogP contribution < -0.4 is 5.32 Å². The number of rotatable bonds is 7. The van der Waals surface area contributed by atoms with E-state index in [1.807, 2.05) is 7.11 Å². The summed E-state index contributed by atoms with van der Waals surface area (Å²) in [4.78, 5) is 2.61. The van der Waals surface area contributed by atoms with Gasteiger partial charge in [0.05, 0.1) is 6.61 Å². The summed E-state index contributed by atoms with van der Waals surface area (Å²) in [5.41, 5.74) is 0. The van der Waals surface area contributed by atoms with Crippen LogP contribution in [0, 0.1) is 11.8 Å². The molecule has 3 nitrogen and oxygen atoms in total. The first-order valence-corrected chi connectivity index (χ1v) is 7.51. The molecule has 1 aliphatic heterocycles. The van der Waals surface area contributed by atoms with E-state index < -0.39 is 0 Å². The predicted molar refractivity (Wildman–Crippen MR) is 77.9 cm³/mol. The van der Waals surface area contributed by atoms with Crippen LogP contribution in [-0.2, 0) is 4.74 Å². The van der Waals surface area contributed by atoms with Gasteiger partial charge >= 0.3 is 0 Å². The highest BCUT2D eigenvalue weighted by molar-refractivity contribution is 4.81. The molecular formula is C15H32N2O. The van der Waals surface area contributed by atoms with Gasteiger partial charge in [-0.25, -0.2) is 0 Å². The fourth-order valence-electron chi connectivity index (χ4n) is 2.81. The topological polar surface area (TPSA) is 24.5 Å². The number of hydrogen-bond donors (Lipinski definition) is 1. The van der Waals surface area contributed by atoms with Gasteiger partial charge in [-0.2, -0.15) is 0 Å². The van der Waals surface area contributed by atoms with E-state index in [0.29, 0.717) is 12.1 Å². The molecule has 18 heavy (non-hydrogen) atoms. The van der Waals surface area contributed by atoms with E-state index in [9.17, 15) is 0 Å². The molecule has 0 spiro atoms. The summed E-state index contributed by atoms with van der Waals surface area (Å²) in [5.74, 6) is 1.75. The molecule has 0 aromatic heterocycles. The minimum atomic E-state index is 0.533. The maximum Gasteiger partial charge on any atom is 0.0630 e. The van der Waals surface area contributed by atoms with Crippen molar-refractivity contribution < 1.29 is 4.74 Å². The first kappa shape index (κ1) is 15.9. The SMILES string of the molecule is COCC(CNC(C)C)N1CCC(C(C)C)CC1. The minimum Gasteiger partial charge on any atom is -0.383 e. The van der Waals surface area contributed by atoms with E-state index in [1.54, 1.807) is 0 Å². The Morgan fingerprint density at radius 2 is 1.78 bits per heavy atom. The summed E-state index contributed by atoms with van der Waals surface area (Å²) in [6.45, 7) is 13.5. The van der Waals surface area contributed by atoms with Gasteiger partial charge in [-0.1, -0.05) is 27.7 Å². The van der Waals surface area contributed by atoms with Gasteiger partial charge < -0.3 is 10.1 Å². The Morgan fingerprint density at radius 3 is 2.22 bits per heavy atom. The molecule has 0 saturated carbocycles. The molecule has 0 aromatic carbocycles. The van der Waals surface area contributed by atoms with Gasteiger partial charge in [0.25, 0.3) is 0 Å². The van der Waals surface area contributed by atoms with Crippen LogP contribution in [0.5, 0.6) is 0 Å². The van der Waals surface area contributed by atoms with E-state index >= 15 is 0 Å². The van der Waals surface area contributed by atoms with E-state index in [4.69, 9.17) is 4.74 Å². The fraction of sp³-hybridized carbons (Fsp3) is 1.00. The molecule has 108 valence electrons. The molecule has 0 aromatic rings. The second kappa shape index (κ2) is 8.13. The third-order valence-electron chi connectivity index (χ3n) is 4.15. The largest absolute Gasteiger partial charge is 0.383 e. The molecule has 1 aliphatic rings. The number of methoxy groups -OCH3 is 1. The van der Waals surface area contributed by atoms with Crippen molar-refractivity contribution in [2.24, 2.45) is 11.8 Å². The fourth-order valence-corrected chi connectivity index (χ4v) is 2.81. The zero-order chi connectivity index (χ0) is 13.5. The second-order valence-electron chi connectivity index (χ2n) is 6.29. The van der Waals surface area contributed by atoms with Crippen LogP contribution in [0.3, 0.4) is 0 Å². The number of piperidine rings is 1. The number of ether oxygens (including phenoxy) is 1. The third kappa shape index (κ3) is 5.25. The first-order valence-electron chi connectivity index (χ1n) is 7.51. The lowest BCUT2D eigenvalue weighted by molar-refractivity contribution is 0.0567. The summed E-state index contributed by atoms with van der Waals surface area (Å²) in [5, 5.41) is 3.54. The van der Waals surface area contributed by atoms with Crippen molar-refractivity contribution in [1.82, 2.24) is 10.2 Å². The van der Waals surface area contributed by atoms with Crippen molar-refractivity contribution >= 4 is 0 Å². The Morgan fingerprint density at radius 1 is 1.17 bits per heavy atom.